The Balaban J connectivity index is 2.34. The van der Waals surface area contributed by atoms with Crippen LogP contribution in [-0.2, 0) is 0 Å². The number of nitrogens with one attached hydrogen (secondary N) is 1. The maximum atomic E-state index is 12.5. The number of hydrogen-bond donors (Lipinski definition) is 0. The molecule has 0 bridgehead atoms. The monoisotopic (exact) mass is 315 g/mol. The Hall–Kier alpha value is -1.94. The Morgan fingerprint density at radius 1 is 1.00 bits per heavy atom. The smallest absolute Gasteiger partial charge is 0.263 e. The number of aryl methyl sites for hydroxylation is 1. The third-order valence-corrected chi connectivity index (χ3v) is 3.66. The van der Waals surface area contributed by atoms with E-state index >= 15 is 0 Å². The van der Waals surface area contributed by atoms with Crippen molar-refractivity contribution in [3.05, 3.63) is 69.1 Å². The zero-order valence-electron chi connectivity index (χ0n) is 10.4. The minimum absolute atomic E-state index is 0.0384. The summed E-state index contributed by atoms with van der Waals surface area (Å²) in [6.07, 6.45) is 0. The minimum atomic E-state index is -0.0384. The van der Waals surface area contributed by atoms with E-state index in [1.165, 1.54) is 0 Å². The van der Waals surface area contributed by atoms with Crippen molar-refractivity contribution in [3.63, 3.8) is 0 Å². The van der Waals surface area contributed by atoms with Crippen molar-refractivity contribution in [2.75, 3.05) is 0 Å². The molecule has 3 nitrogen and oxygen atoms in total. The van der Waals surface area contributed by atoms with Crippen molar-refractivity contribution in [2.24, 2.45) is 0 Å². The fourth-order valence-electron chi connectivity index (χ4n) is 2.17. The van der Waals surface area contributed by atoms with Crippen LogP contribution in [0.1, 0.15) is 5.69 Å². The molecule has 0 amide bonds. The van der Waals surface area contributed by atoms with Crippen LogP contribution in [0, 0.1) is 6.92 Å². The molecule has 0 atom stereocenters. The zero-order chi connectivity index (χ0) is 13.4. The van der Waals surface area contributed by atoms with E-state index in [1.807, 2.05) is 55.5 Å². The van der Waals surface area contributed by atoms with Gasteiger partial charge in [-0.15, -0.1) is 5.10 Å². The Kier molecular flexibility index (Phi) is 2.95. The van der Waals surface area contributed by atoms with Crippen molar-refractivity contribution in [1.29, 1.82) is 0 Å². The standard InChI is InChI=1S/C15H11BrN2O/c1-10-13-4-2-3-5-14(13)15(19)18(17-10)12-8-6-11(16)7-9-12/h2-9H,1H3/p+1. The Morgan fingerprint density at radius 3 is 2.32 bits per heavy atom. The molecule has 4 heteroatoms. The Bertz CT molecular complexity index is 806. The minimum Gasteiger partial charge on any atom is -0.263 e. The average molecular weight is 316 g/mol. The van der Waals surface area contributed by atoms with E-state index in [2.05, 4.69) is 21.0 Å². The van der Waals surface area contributed by atoms with Crippen LogP contribution >= 0.6 is 15.9 Å². The third kappa shape index (κ3) is 2.08. The number of hydrogen-bond acceptors (Lipinski definition) is 1. The van der Waals surface area contributed by atoms with Gasteiger partial charge >= 0.3 is 5.56 Å². The van der Waals surface area contributed by atoms with Crippen molar-refractivity contribution in [2.45, 2.75) is 6.92 Å². The third-order valence-electron chi connectivity index (χ3n) is 3.13. The van der Waals surface area contributed by atoms with Gasteiger partial charge in [-0.1, -0.05) is 32.7 Å². The molecule has 0 spiro atoms. The molecular weight excluding hydrogens is 304 g/mol. The van der Waals surface area contributed by atoms with E-state index in [9.17, 15) is 4.79 Å². The number of aromatic amines is 1. The van der Waals surface area contributed by atoms with Gasteiger partial charge in [0.2, 0.25) is 5.69 Å². The van der Waals surface area contributed by atoms with Crippen LogP contribution in [-0.4, -0.2) is 4.68 Å². The van der Waals surface area contributed by atoms with E-state index in [1.54, 1.807) is 4.68 Å². The summed E-state index contributed by atoms with van der Waals surface area (Å²) in [5.41, 5.74) is 1.75. The van der Waals surface area contributed by atoms with Gasteiger partial charge in [-0.05, 0) is 36.4 Å². The highest BCUT2D eigenvalue weighted by Crippen LogP contribution is 2.14. The van der Waals surface area contributed by atoms with Gasteiger partial charge in [0, 0.05) is 11.4 Å². The number of aromatic nitrogens is 2. The topological polar surface area (TPSA) is 36.1 Å². The van der Waals surface area contributed by atoms with Gasteiger partial charge in [0.15, 0.2) is 0 Å². The zero-order valence-corrected chi connectivity index (χ0v) is 11.9. The van der Waals surface area contributed by atoms with Gasteiger partial charge in [0.25, 0.3) is 0 Å². The lowest BCUT2D eigenvalue weighted by molar-refractivity contribution is -0.488. The molecule has 0 aliphatic carbocycles. The summed E-state index contributed by atoms with van der Waals surface area (Å²) in [5.74, 6) is 0. The molecule has 0 aliphatic rings. The van der Waals surface area contributed by atoms with Crippen LogP contribution in [0.5, 0.6) is 0 Å². The van der Waals surface area contributed by atoms with Crippen LogP contribution in [0.15, 0.2) is 57.8 Å². The summed E-state index contributed by atoms with van der Waals surface area (Å²) < 4.78 is 2.56. The lowest BCUT2D eigenvalue weighted by Crippen LogP contribution is -2.35. The molecule has 1 aromatic heterocycles. The quantitative estimate of drug-likeness (QED) is 0.680. The first kappa shape index (κ1) is 12.1. The van der Waals surface area contributed by atoms with Crippen LogP contribution in [0.3, 0.4) is 0 Å². The van der Waals surface area contributed by atoms with Gasteiger partial charge in [-0.3, -0.25) is 4.79 Å². The number of halogens is 1. The van der Waals surface area contributed by atoms with E-state index in [4.69, 9.17) is 0 Å². The maximum absolute atomic E-state index is 12.5. The van der Waals surface area contributed by atoms with E-state index in [0.717, 1.165) is 26.6 Å². The summed E-state index contributed by atoms with van der Waals surface area (Å²) in [7, 11) is 0. The van der Waals surface area contributed by atoms with Gasteiger partial charge in [-0.2, -0.15) is 0 Å². The fourth-order valence-corrected chi connectivity index (χ4v) is 2.43. The first-order chi connectivity index (χ1) is 9.16. The van der Waals surface area contributed by atoms with Crippen molar-refractivity contribution in [3.8, 4) is 5.69 Å². The van der Waals surface area contributed by atoms with Gasteiger partial charge in [-0.25, -0.2) is 0 Å². The number of nitrogens with zero attached hydrogens (tertiary/aromatic N) is 1. The molecule has 0 radical (unpaired) electrons. The van der Waals surface area contributed by atoms with Crippen molar-refractivity contribution >= 4 is 26.7 Å². The Labute approximate surface area is 118 Å². The average Bonchev–Trinajstić information content (AvgIpc) is 2.44. The SMILES string of the molecule is Cc1[nH+]n(-c2ccc(Br)cc2)c(=O)c2ccccc12. The maximum Gasteiger partial charge on any atom is 0.314 e. The van der Waals surface area contributed by atoms with Crippen molar-refractivity contribution in [1.82, 2.24) is 4.68 Å². The molecule has 0 aliphatic heterocycles. The van der Waals surface area contributed by atoms with Gasteiger partial charge < -0.3 is 0 Å². The van der Waals surface area contributed by atoms with Crippen LogP contribution in [0.2, 0.25) is 0 Å². The highest BCUT2D eigenvalue weighted by Gasteiger charge is 2.13. The first-order valence-corrected chi connectivity index (χ1v) is 6.76. The number of benzene rings is 2. The molecule has 0 saturated carbocycles. The number of H-pyrrole nitrogens is 1. The number of fused-ring (bicyclic) bond motifs is 1. The van der Waals surface area contributed by atoms with Crippen LogP contribution in [0.4, 0.5) is 0 Å². The van der Waals surface area contributed by atoms with Crippen LogP contribution < -0.4 is 10.7 Å². The highest BCUT2D eigenvalue weighted by molar-refractivity contribution is 9.10. The fraction of sp³-hybridized carbons (Fsp3) is 0.0667. The molecule has 0 saturated heterocycles. The molecule has 1 N–H and O–H groups in total. The molecular formula is C15H12BrN2O+. The lowest BCUT2D eigenvalue weighted by Gasteiger charge is -2.03. The second-order valence-electron chi connectivity index (χ2n) is 4.40. The van der Waals surface area contributed by atoms with Crippen LogP contribution in [0.25, 0.3) is 16.5 Å². The predicted octanol–water partition coefficient (Wildman–Crippen LogP) is 2.88. The largest absolute Gasteiger partial charge is 0.314 e. The Morgan fingerprint density at radius 2 is 1.63 bits per heavy atom. The van der Waals surface area contributed by atoms with Gasteiger partial charge in [0.05, 0.1) is 10.8 Å². The molecule has 19 heavy (non-hydrogen) atoms. The second kappa shape index (κ2) is 4.63. The van der Waals surface area contributed by atoms with E-state index in [0.29, 0.717) is 0 Å². The van der Waals surface area contributed by atoms with E-state index < -0.39 is 0 Å². The molecule has 1 heterocycles. The molecule has 0 unspecified atom stereocenters. The van der Waals surface area contributed by atoms with Crippen molar-refractivity contribution < 1.29 is 5.10 Å². The number of rotatable bonds is 1. The summed E-state index contributed by atoms with van der Waals surface area (Å²) in [4.78, 5) is 12.5. The molecule has 0 fully saturated rings. The summed E-state index contributed by atoms with van der Waals surface area (Å²) in [6, 6.07) is 15.3. The first-order valence-electron chi connectivity index (χ1n) is 5.96. The molecule has 3 aromatic rings. The summed E-state index contributed by atoms with van der Waals surface area (Å²) >= 11 is 3.39. The normalized spacial score (nSPS) is 10.8. The summed E-state index contributed by atoms with van der Waals surface area (Å²) in [5, 5.41) is 4.83. The summed E-state index contributed by atoms with van der Waals surface area (Å²) in [6.45, 7) is 1.97. The van der Waals surface area contributed by atoms with Gasteiger partial charge in [0.1, 0.15) is 5.69 Å². The highest BCUT2D eigenvalue weighted by atomic mass is 79.9. The molecule has 3 rings (SSSR count). The van der Waals surface area contributed by atoms with E-state index in [-0.39, 0.29) is 5.56 Å². The molecule has 94 valence electrons. The lowest BCUT2D eigenvalue weighted by atomic mass is 10.1. The second-order valence-corrected chi connectivity index (χ2v) is 5.32. The predicted molar refractivity (Wildman–Crippen MR) is 78.5 cm³/mol. The molecule has 2 aromatic carbocycles.